The van der Waals surface area contributed by atoms with E-state index in [1.807, 2.05) is 23.1 Å². The van der Waals surface area contributed by atoms with Crippen molar-refractivity contribution in [3.63, 3.8) is 0 Å². The number of rotatable bonds is 10. The fourth-order valence-electron chi connectivity index (χ4n) is 7.15. The van der Waals surface area contributed by atoms with Gasteiger partial charge in [-0.05, 0) is 82.2 Å². The second-order valence-electron chi connectivity index (χ2n) is 13.5. The van der Waals surface area contributed by atoms with Crippen LogP contribution in [0.25, 0.3) is 0 Å². The van der Waals surface area contributed by atoms with E-state index in [1.54, 1.807) is 32.1 Å². The maximum Gasteiger partial charge on any atom is 0.270 e. The number of anilines is 2. The Morgan fingerprint density at radius 3 is 2.62 bits per heavy atom. The molecule has 3 heterocycles. The number of piperidine rings is 1. The van der Waals surface area contributed by atoms with Crippen LogP contribution < -0.4 is 25.2 Å². The van der Waals surface area contributed by atoms with Crippen molar-refractivity contribution < 1.29 is 28.2 Å². The van der Waals surface area contributed by atoms with Gasteiger partial charge >= 0.3 is 0 Å². The minimum Gasteiger partial charge on any atom is -0.476 e. The standard InChI is InChI=1S/C34H44FN5O5/c1-33(2)32(43)39(13-6-14-44-3)28-17-27(9-10-29(28)45-33)40(26-7-8-26)31(42)23-15-22(18-36-19-23)30(41)38-34(11-4-5-12-34)24-16-25(35)21-37-20-24/h9-10,16-17,20-23,26,36H,4-8,11-15,18-19H2,1-3H3,(H,38,41)/t22-,23+/m0/s1. The van der Waals surface area contributed by atoms with Crippen molar-refractivity contribution in [1.82, 2.24) is 15.6 Å². The summed E-state index contributed by atoms with van der Waals surface area (Å²) in [5.41, 5.74) is 0.428. The molecule has 6 rings (SSSR count). The van der Waals surface area contributed by atoms with E-state index in [1.165, 1.54) is 12.3 Å². The number of nitrogens with zero attached hydrogens (tertiary/aromatic N) is 3. The summed E-state index contributed by atoms with van der Waals surface area (Å²) >= 11 is 0. The van der Waals surface area contributed by atoms with Crippen molar-refractivity contribution in [1.29, 1.82) is 0 Å². The van der Waals surface area contributed by atoms with Gasteiger partial charge in [-0.1, -0.05) is 12.8 Å². The summed E-state index contributed by atoms with van der Waals surface area (Å²) in [6.45, 7) is 5.49. The van der Waals surface area contributed by atoms with Gasteiger partial charge < -0.3 is 29.9 Å². The summed E-state index contributed by atoms with van der Waals surface area (Å²) in [6.07, 6.45) is 9.04. The van der Waals surface area contributed by atoms with Crippen LogP contribution in [-0.2, 0) is 24.7 Å². The Morgan fingerprint density at radius 1 is 1.16 bits per heavy atom. The van der Waals surface area contributed by atoms with Crippen LogP contribution in [0, 0.1) is 17.7 Å². The molecule has 45 heavy (non-hydrogen) atoms. The molecule has 2 aromatic rings. The van der Waals surface area contributed by atoms with Gasteiger partial charge in [0, 0.05) is 51.3 Å². The number of benzene rings is 1. The van der Waals surface area contributed by atoms with E-state index >= 15 is 0 Å². The molecule has 3 fully saturated rings. The zero-order valence-electron chi connectivity index (χ0n) is 26.4. The van der Waals surface area contributed by atoms with Crippen LogP contribution >= 0.6 is 0 Å². The zero-order valence-corrected chi connectivity index (χ0v) is 26.4. The molecule has 2 aliphatic carbocycles. The molecule has 0 radical (unpaired) electrons. The SMILES string of the molecule is COCCCN1C(=O)C(C)(C)Oc2ccc(N(C(=O)[C@H]3CNC[C@@H](C(=O)NC4(c5cncc(F)c5)CCCC4)C3)C3CC3)cc21. The fraction of sp³-hybridized carbons (Fsp3) is 0.588. The van der Waals surface area contributed by atoms with E-state index in [0.717, 1.165) is 44.2 Å². The second-order valence-corrected chi connectivity index (χ2v) is 13.5. The first-order valence-corrected chi connectivity index (χ1v) is 16.2. The van der Waals surface area contributed by atoms with Gasteiger partial charge in [0.2, 0.25) is 11.8 Å². The molecule has 10 nitrogen and oxygen atoms in total. The van der Waals surface area contributed by atoms with Crippen molar-refractivity contribution in [3.05, 3.63) is 48.0 Å². The van der Waals surface area contributed by atoms with Crippen LogP contribution in [0.3, 0.4) is 0 Å². The van der Waals surface area contributed by atoms with Gasteiger partial charge in [-0.2, -0.15) is 0 Å². The number of pyridine rings is 1. The number of halogens is 1. The summed E-state index contributed by atoms with van der Waals surface area (Å²) in [4.78, 5) is 48.9. The highest BCUT2D eigenvalue weighted by Gasteiger charge is 2.44. The zero-order chi connectivity index (χ0) is 31.8. The highest BCUT2D eigenvalue weighted by Crippen LogP contribution is 2.43. The molecular weight excluding hydrogens is 577 g/mol. The molecular formula is C34H44FN5O5. The summed E-state index contributed by atoms with van der Waals surface area (Å²) in [5.74, 6) is -0.888. The number of carbonyl (C=O) groups is 3. The Balaban J connectivity index is 1.20. The van der Waals surface area contributed by atoms with Crippen molar-refractivity contribution in [2.75, 3.05) is 43.2 Å². The van der Waals surface area contributed by atoms with Crippen LogP contribution in [0.2, 0.25) is 0 Å². The molecule has 11 heteroatoms. The number of ether oxygens (including phenoxy) is 2. The summed E-state index contributed by atoms with van der Waals surface area (Å²) < 4.78 is 25.4. The molecule has 1 saturated heterocycles. The quantitative estimate of drug-likeness (QED) is 0.385. The first kappa shape index (κ1) is 31.4. The lowest BCUT2D eigenvalue weighted by molar-refractivity contribution is -0.132. The molecule has 2 atom stereocenters. The Hall–Kier alpha value is -3.57. The van der Waals surface area contributed by atoms with Crippen LogP contribution in [0.15, 0.2) is 36.7 Å². The van der Waals surface area contributed by atoms with E-state index in [9.17, 15) is 18.8 Å². The van der Waals surface area contributed by atoms with E-state index in [2.05, 4.69) is 15.6 Å². The molecule has 242 valence electrons. The number of aromatic nitrogens is 1. The van der Waals surface area contributed by atoms with Gasteiger partial charge in [-0.15, -0.1) is 0 Å². The largest absolute Gasteiger partial charge is 0.476 e. The normalized spacial score (nSPS) is 23.6. The average molecular weight is 622 g/mol. The van der Waals surface area contributed by atoms with Gasteiger partial charge in [-0.3, -0.25) is 19.4 Å². The molecule has 2 N–H and O–H groups in total. The van der Waals surface area contributed by atoms with Gasteiger partial charge in [-0.25, -0.2) is 4.39 Å². The number of nitrogens with one attached hydrogen (secondary N) is 2. The minimum atomic E-state index is -1.00. The van der Waals surface area contributed by atoms with Crippen molar-refractivity contribution >= 4 is 29.1 Å². The monoisotopic (exact) mass is 621 g/mol. The highest BCUT2D eigenvalue weighted by atomic mass is 19.1. The third-order valence-electron chi connectivity index (χ3n) is 9.66. The first-order chi connectivity index (χ1) is 21.6. The smallest absolute Gasteiger partial charge is 0.270 e. The molecule has 2 aliphatic heterocycles. The Bertz CT molecular complexity index is 1440. The molecule has 4 aliphatic rings. The first-order valence-electron chi connectivity index (χ1n) is 16.2. The molecule has 1 aromatic heterocycles. The number of hydrogen-bond acceptors (Lipinski definition) is 7. The maximum atomic E-state index is 14.2. The summed E-state index contributed by atoms with van der Waals surface area (Å²) in [7, 11) is 1.64. The number of amides is 3. The van der Waals surface area contributed by atoms with Gasteiger partial charge in [0.25, 0.3) is 5.91 Å². The van der Waals surface area contributed by atoms with Crippen molar-refractivity contribution in [2.45, 2.75) is 82.4 Å². The number of fused-ring (bicyclic) bond motifs is 1. The number of methoxy groups -OCH3 is 1. The van der Waals surface area contributed by atoms with Gasteiger partial charge in [0.1, 0.15) is 11.6 Å². The van der Waals surface area contributed by atoms with Gasteiger partial charge in [0.15, 0.2) is 5.60 Å². The maximum absolute atomic E-state index is 14.2. The Morgan fingerprint density at radius 2 is 1.91 bits per heavy atom. The van der Waals surface area contributed by atoms with Crippen LogP contribution in [0.4, 0.5) is 15.8 Å². The van der Waals surface area contributed by atoms with E-state index in [-0.39, 0.29) is 23.8 Å². The molecule has 0 bridgehead atoms. The summed E-state index contributed by atoms with van der Waals surface area (Å²) in [6, 6.07) is 7.18. The van der Waals surface area contributed by atoms with Crippen LogP contribution in [0.5, 0.6) is 5.75 Å². The molecule has 2 saturated carbocycles. The topological polar surface area (TPSA) is 113 Å². The average Bonchev–Trinajstić information content (AvgIpc) is 3.75. The van der Waals surface area contributed by atoms with E-state index in [4.69, 9.17) is 9.47 Å². The predicted octanol–water partition coefficient (Wildman–Crippen LogP) is 4.07. The lowest BCUT2D eigenvalue weighted by Crippen LogP contribution is -2.53. The Kier molecular flexibility index (Phi) is 8.85. The molecule has 1 aromatic carbocycles. The lowest BCUT2D eigenvalue weighted by Gasteiger charge is -2.40. The van der Waals surface area contributed by atoms with Gasteiger partial charge in [0.05, 0.1) is 29.3 Å². The number of hydrogen-bond donors (Lipinski definition) is 2. The van der Waals surface area contributed by atoms with Crippen LogP contribution in [-0.4, -0.2) is 67.7 Å². The number of carbonyl (C=O) groups excluding carboxylic acids is 3. The third-order valence-corrected chi connectivity index (χ3v) is 9.66. The van der Waals surface area contributed by atoms with E-state index in [0.29, 0.717) is 56.1 Å². The molecule has 0 spiro atoms. The second kappa shape index (κ2) is 12.7. The fourth-order valence-corrected chi connectivity index (χ4v) is 7.15. The predicted molar refractivity (Wildman–Crippen MR) is 167 cm³/mol. The Labute approximate surface area is 264 Å². The summed E-state index contributed by atoms with van der Waals surface area (Å²) in [5, 5.41) is 6.59. The molecule has 3 amide bonds. The van der Waals surface area contributed by atoms with Crippen molar-refractivity contribution in [3.8, 4) is 5.75 Å². The highest BCUT2D eigenvalue weighted by molar-refractivity contribution is 6.04. The molecule has 0 unspecified atom stereocenters. The van der Waals surface area contributed by atoms with Crippen LogP contribution in [0.1, 0.15) is 70.8 Å². The lowest BCUT2D eigenvalue weighted by atomic mass is 9.85. The minimum absolute atomic E-state index is 0.0262. The third kappa shape index (κ3) is 6.42. The van der Waals surface area contributed by atoms with Crippen molar-refractivity contribution in [2.24, 2.45) is 11.8 Å². The van der Waals surface area contributed by atoms with E-state index < -0.39 is 28.8 Å².